The molecule has 1 saturated heterocycles. The highest BCUT2D eigenvalue weighted by atomic mass is 16.2. The molecule has 1 fully saturated rings. The van der Waals surface area contributed by atoms with Crippen LogP contribution in [-0.4, -0.2) is 40.4 Å². The number of rotatable bonds is 3. The number of amides is 1. The van der Waals surface area contributed by atoms with Crippen LogP contribution in [0.4, 0.5) is 5.82 Å². The number of carbonyl (C=O) groups is 1. The maximum atomic E-state index is 12.2. The summed E-state index contributed by atoms with van der Waals surface area (Å²) in [5, 5.41) is 3.06. The molecule has 1 N–H and O–H groups in total. The van der Waals surface area contributed by atoms with E-state index in [1.165, 1.54) is 0 Å². The lowest BCUT2D eigenvalue weighted by molar-refractivity contribution is 0.0772. The molecule has 2 heterocycles. The van der Waals surface area contributed by atoms with Gasteiger partial charge >= 0.3 is 0 Å². The SMILES string of the molecule is CCNc1cnc(C(=O)N2CCC(C)(C)C2)cn1. The largest absolute Gasteiger partial charge is 0.369 e. The van der Waals surface area contributed by atoms with Crippen molar-refractivity contribution in [3.8, 4) is 0 Å². The van der Waals surface area contributed by atoms with E-state index in [2.05, 4.69) is 29.1 Å². The average Bonchev–Trinajstić information content (AvgIpc) is 2.70. The number of hydrogen-bond acceptors (Lipinski definition) is 4. The van der Waals surface area contributed by atoms with Crippen LogP contribution < -0.4 is 5.32 Å². The van der Waals surface area contributed by atoms with Gasteiger partial charge in [-0.2, -0.15) is 0 Å². The van der Waals surface area contributed by atoms with E-state index in [0.29, 0.717) is 11.5 Å². The molecule has 0 unspecified atom stereocenters. The van der Waals surface area contributed by atoms with Crippen LogP contribution in [-0.2, 0) is 0 Å². The number of nitrogens with zero attached hydrogens (tertiary/aromatic N) is 3. The van der Waals surface area contributed by atoms with E-state index in [9.17, 15) is 4.79 Å². The molecule has 5 heteroatoms. The summed E-state index contributed by atoms with van der Waals surface area (Å²) < 4.78 is 0. The number of aromatic nitrogens is 2. The summed E-state index contributed by atoms with van der Waals surface area (Å²) in [5.74, 6) is 0.687. The standard InChI is InChI=1S/C13H20N4O/c1-4-14-11-8-15-10(7-16-11)12(18)17-6-5-13(2,3)9-17/h7-8H,4-6,9H2,1-3H3,(H,14,16). The van der Waals surface area contributed by atoms with Gasteiger partial charge in [-0.3, -0.25) is 4.79 Å². The van der Waals surface area contributed by atoms with Crippen molar-refractivity contribution in [2.24, 2.45) is 5.41 Å². The molecule has 0 aromatic carbocycles. The van der Waals surface area contributed by atoms with Gasteiger partial charge in [0.05, 0.1) is 12.4 Å². The molecule has 0 saturated carbocycles. The fourth-order valence-electron chi connectivity index (χ4n) is 2.16. The van der Waals surface area contributed by atoms with Gasteiger partial charge in [-0.15, -0.1) is 0 Å². The van der Waals surface area contributed by atoms with Gasteiger partial charge < -0.3 is 10.2 Å². The van der Waals surface area contributed by atoms with Crippen LogP contribution >= 0.6 is 0 Å². The van der Waals surface area contributed by atoms with Gasteiger partial charge in [0.2, 0.25) is 0 Å². The zero-order chi connectivity index (χ0) is 13.2. The van der Waals surface area contributed by atoms with Gasteiger partial charge in [0.1, 0.15) is 11.5 Å². The van der Waals surface area contributed by atoms with E-state index in [1.807, 2.05) is 11.8 Å². The second-order valence-corrected chi connectivity index (χ2v) is 5.46. The Morgan fingerprint density at radius 3 is 2.72 bits per heavy atom. The molecule has 1 amide bonds. The Morgan fingerprint density at radius 2 is 2.22 bits per heavy atom. The molecular formula is C13H20N4O. The Hall–Kier alpha value is -1.65. The van der Waals surface area contributed by atoms with E-state index < -0.39 is 0 Å². The van der Waals surface area contributed by atoms with Crippen molar-refractivity contribution in [3.63, 3.8) is 0 Å². The molecule has 0 spiro atoms. The molecule has 1 aromatic heterocycles. The first-order valence-electron chi connectivity index (χ1n) is 6.37. The molecule has 0 aliphatic carbocycles. The van der Waals surface area contributed by atoms with Gasteiger partial charge in [0, 0.05) is 19.6 Å². The summed E-state index contributed by atoms with van der Waals surface area (Å²) >= 11 is 0. The summed E-state index contributed by atoms with van der Waals surface area (Å²) in [5.41, 5.74) is 0.640. The predicted molar refractivity (Wildman–Crippen MR) is 70.5 cm³/mol. The van der Waals surface area contributed by atoms with Gasteiger partial charge in [0.25, 0.3) is 5.91 Å². The summed E-state index contributed by atoms with van der Waals surface area (Å²) in [6, 6.07) is 0. The Morgan fingerprint density at radius 1 is 1.44 bits per heavy atom. The number of likely N-dealkylation sites (tertiary alicyclic amines) is 1. The highest BCUT2D eigenvalue weighted by Crippen LogP contribution is 2.29. The summed E-state index contributed by atoms with van der Waals surface area (Å²) in [7, 11) is 0. The Labute approximate surface area is 108 Å². The zero-order valence-electron chi connectivity index (χ0n) is 11.2. The number of carbonyl (C=O) groups excluding carboxylic acids is 1. The summed E-state index contributed by atoms with van der Waals surface area (Å²) in [6.07, 6.45) is 4.20. The van der Waals surface area contributed by atoms with Crippen molar-refractivity contribution >= 4 is 11.7 Å². The molecule has 1 aromatic rings. The van der Waals surface area contributed by atoms with Gasteiger partial charge in [0.15, 0.2) is 0 Å². The summed E-state index contributed by atoms with van der Waals surface area (Å²) in [6.45, 7) is 8.75. The Bertz CT molecular complexity index is 427. The monoisotopic (exact) mass is 248 g/mol. The molecule has 98 valence electrons. The van der Waals surface area contributed by atoms with Crippen molar-refractivity contribution in [2.75, 3.05) is 25.0 Å². The lowest BCUT2D eigenvalue weighted by Crippen LogP contribution is -2.31. The van der Waals surface area contributed by atoms with Crippen LogP contribution in [0.2, 0.25) is 0 Å². The minimum absolute atomic E-state index is 0.0175. The Kier molecular flexibility index (Phi) is 3.50. The third kappa shape index (κ3) is 2.78. The van der Waals surface area contributed by atoms with E-state index in [1.54, 1.807) is 12.4 Å². The second-order valence-electron chi connectivity index (χ2n) is 5.46. The lowest BCUT2D eigenvalue weighted by atomic mass is 9.93. The van der Waals surface area contributed by atoms with E-state index >= 15 is 0 Å². The molecule has 1 aliphatic rings. The van der Waals surface area contributed by atoms with E-state index in [0.717, 1.165) is 26.1 Å². The maximum absolute atomic E-state index is 12.2. The van der Waals surface area contributed by atoms with Crippen LogP contribution in [0.3, 0.4) is 0 Å². The van der Waals surface area contributed by atoms with Gasteiger partial charge in [-0.1, -0.05) is 13.8 Å². The normalized spacial score (nSPS) is 17.8. The second kappa shape index (κ2) is 4.92. The van der Waals surface area contributed by atoms with Crippen molar-refractivity contribution in [3.05, 3.63) is 18.1 Å². The number of hydrogen-bond donors (Lipinski definition) is 1. The number of anilines is 1. The Balaban J connectivity index is 2.05. The van der Waals surface area contributed by atoms with Crippen molar-refractivity contribution < 1.29 is 4.79 Å². The minimum Gasteiger partial charge on any atom is -0.369 e. The smallest absolute Gasteiger partial charge is 0.274 e. The molecule has 18 heavy (non-hydrogen) atoms. The molecular weight excluding hydrogens is 228 g/mol. The first-order valence-corrected chi connectivity index (χ1v) is 6.37. The molecule has 2 rings (SSSR count). The van der Waals surface area contributed by atoms with Crippen LogP contribution in [0.5, 0.6) is 0 Å². The molecule has 1 aliphatic heterocycles. The first kappa shape index (κ1) is 12.8. The minimum atomic E-state index is -0.0175. The van der Waals surface area contributed by atoms with Crippen LogP contribution in [0.15, 0.2) is 12.4 Å². The topological polar surface area (TPSA) is 58.1 Å². The van der Waals surface area contributed by atoms with E-state index in [-0.39, 0.29) is 11.3 Å². The molecule has 5 nitrogen and oxygen atoms in total. The first-order chi connectivity index (χ1) is 8.52. The van der Waals surface area contributed by atoms with Crippen LogP contribution in [0.25, 0.3) is 0 Å². The molecule has 0 atom stereocenters. The zero-order valence-corrected chi connectivity index (χ0v) is 11.2. The quantitative estimate of drug-likeness (QED) is 0.886. The van der Waals surface area contributed by atoms with E-state index in [4.69, 9.17) is 0 Å². The highest BCUT2D eigenvalue weighted by Gasteiger charge is 2.32. The van der Waals surface area contributed by atoms with Crippen LogP contribution in [0.1, 0.15) is 37.7 Å². The van der Waals surface area contributed by atoms with Crippen molar-refractivity contribution in [1.29, 1.82) is 0 Å². The summed E-state index contributed by atoms with van der Waals surface area (Å²) in [4.78, 5) is 22.4. The maximum Gasteiger partial charge on any atom is 0.274 e. The fourth-order valence-corrected chi connectivity index (χ4v) is 2.16. The number of nitrogens with one attached hydrogen (secondary N) is 1. The molecule has 0 radical (unpaired) electrons. The third-order valence-electron chi connectivity index (χ3n) is 3.19. The van der Waals surface area contributed by atoms with Gasteiger partial charge in [-0.25, -0.2) is 9.97 Å². The third-order valence-corrected chi connectivity index (χ3v) is 3.19. The molecule has 0 bridgehead atoms. The van der Waals surface area contributed by atoms with Crippen LogP contribution in [0, 0.1) is 5.41 Å². The lowest BCUT2D eigenvalue weighted by Gasteiger charge is -2.19. The van der Waals surface area contributed by atoms with Crippen molar-refractivity contribution in [1.82, 2.24) is 14.9 Å². The average molecular weight is 248 g/mol. The van der Waals surface area contributed by atoms with Crippen molar-refractivity contribution in [2.45, 2.75) is 27.2 Å². The fraction of sp³-hybridized carbons (Fsp3) is 0.615. The predicted octanol–water partition coefficient (Wildman–Crippen LogP) is 1.78. The van der Waals surface area contributed by atoms with Gasteiger partial charge in [-0.05, 0) is 18.8 Å². The highest BCUT2D eigenvalue weighted by molar-refractivity contribution is 5.92.